The number of nitrogens with zero attached hydrogens (tertiary/aromatic N) is 6. The number of rotatable bonds is 7. The Kier molecular flexibility index (Phi) is 6.22. The summed E-state index contributed by atoms with van der Waals surface area (Å²) in [6.45, 7) is 1.70. The summed E-state index contributed by atoms with van der Waals surface area (Å²) in [5.41, 5.74) is 2.19. The summed E-state index contributed by atoms with van der Waals surface area (Å²) in [7, 11) is 0. The zero-order chi connectivity index (χ0) is 20.8. The highest BCUT2D eigenvalue weighted by molar-refractivity contribution is 7.14. The van der Waals surface area contributed by atoms with Gasteiger partial charge in [-0.05, 0) is 43.1 Å². The molecule has 3 aromatic rings. The Balaban J connectivity index is 1.39. The van der Waals surface area contributed by atoms with E-state index in [0.717, 1.165) is 30.6 Å². The van der Waals surface area contributed by atoms with E-state index in [1.54, 1.807) is 24.0 Å². The highest BCUT2D eigenvalue weighted by Gasteiger charge is 2.27. The number of hydrogen-bond acceptors (Lipinski definition) is 9. The zero-order valence-corrected chi connectivity index (χ0v) is 17.0. The molecule has 1 atom stereocenters. The van der Waals surface area contributed by atoms with Crippen molar-refractivity contribution in [2.45, 2.75) is 25.4 Å². The van der Waals surface area contributed by atoms with Gasteiger partial charge in [-0.1, -0.05) is 0 Å². The fourth-order valence-electron chi connectivity index (χ4n) is 3.36. The molecule has 2 N–H and O–H groups in total. The van der Waals surface area contributed by atoms with Crippen molar-refractivity contribution in [3.8, 4) is 6.07 Å². The number of carbonyl (C=O) groups excluding carboxylic acids is 1. The molecule has 3 aromatic heterocycles. The zero-order valence-electron chi connectivity index (χ0n) is 16.2. The van der Waals surface area contributed by atoms with Gasteiger partial charge in [0.05, 0.1) is 24.3 Å². The first-order valence-corrected chi connectivity index (χ1v) is 10.4. The lowest BCUT2D eigenvalue weighted by Gasteiger charge is -2.21. The van der Waals surface area contributed by atoms with Crippen LogP contribution in [0.4, 0.5) is 11.1 Å². The number of thiazole rings is 1. The first-order valence-electron chi connectivity index (χ1n) is 9.56. The Hall–Kier alpha value is -3.42. The molecule has 1 amide bonds. The van der Waals surface area contributed by atoms with Crippen molar-refractivity contribution in [2.24, 2.45) is 0 Å². The van der Waals surface area contributed by atoms with Crippen LogP contribution in [0.5, 0.6) is 0 Å². The van der Waals surface area contributed by atoms with Gasteiger partial charge in [0.2, 0.25) is 5.95 Å². The molecular formula is C20H20N8OS. The lowest BCUT2D eigenvalue weighted by molar-refractivity contribution is 0.0946. The van der Waals surface area contributed by atoms with Crippen LogP contribution in [-0.4, -0.2) is 43.8 Å². The number of amides is 1. The Labute approximate surface area is 177 Å². The van der Waals surface area contributed by atoms with E-state index < -0.39 is 0 Å². The summed E-state index contributed by atoms with van der Waals surface area (Å²) in [6.07, 6.45) is 7.08. The molecule has 0 radical (unpaired) electrons. The molecule has 30 heavy (non-hydrogen) atoms. The smallest absolute Gasteiger partial charge is 0.271 e. The third kappa shape index (κ3) is 4.76. The van der Waals surface area contributed by atoms with Crippen LogP contribution < -0.4 is 10.6 Å². The van der Waals surface area contributed by atoms with Gasteiger partial charge in [0, 0.05) is 30.5 Å². The third-order valence-corrected chi connectivity index (χ3v) is 5.57. The largest absolute Gasteiger partial charge is 0.347 e. The predicted molar refractivity (Wildman–Crippen MR) is 112 cm³/mol. The average Bonchev–Trinajstić information content (AvgIpc) is 3.43. The fraction of sp³-hybridized carbons (Fsp3) is 0.300. The maximum atomic E-state index is 12.3. The van der Waals surface area contributed by atoms with E-state index in [9.17, 15) is 4.79 Å². The van der Waals surface area contributed by atoms with Crippen LogP contribution in [0, 0.1) is 11.3 Å². The van der Waals surface area contributed by atoms with Crippen LogP contribution >= 0.6 is 11.3 Å². The third-order valence-electron chi connectivity index (χ3n) is 4.81. The molecule has 1 aliphatic rings. The quantitative estimate of drug-likeness (QED) is 0.560. The van der Waals surface area contributed by atoms with Crippen molar-refractivity contribution in [1.82, 2.24) is 30.2 Å². The molecule has 4 heterocycles. The SMILES string of the molecule is N#CCN1CCCC1c1ccnc(Nc2nc(C(=O)NCc3ccncc3)cs2)n1. The average molecular weight is 421 g/mol. The second-order valence-corrected chi connectivity index (χ2v) is 7.65. The van der Waals surface area contributed by atoms with E-state index in [0.29, 0.717) is 29.9 Å². The number of carbonyl (C=O) groups is 1. The van der Waals surface area contributed by atoms with Gasteiger partial charge in [0.25, 0.3) is 5.91 Å². The molecular weight excluding hydrogens is 400 g/mol. The number of pyridine rings is 1. The minimum atomic E-state index is -0.246. The van der Waals surface area contributed by atoms with Gasteiger partial charge in [0.15, 0.2) is 5.13 Å². The molecule has 10 heteroatoms. The van der Waals surface area contributed by atoms with Crippen molar-refractivity contribution in [2.75, 3.05) is 18.4 Å². The number of nitrogens with one attached hydrogen (secondary N) is 2. The monoisotopic (exact) mass is 420 g/mol. The second-order valence-electron chi connectivity index (χ2n) is 6.79. The standard InChI is InChI=1S/C20H20N8OS/c21-6-11-28-10-1-2-17(28)15-5-9-23-19(25-15)27-20-26-16(13-30-20)18(29)24-12-14-3-7-22-8-4-14/h3-5,7-9,13,17H,1-2,10-12H2,(H,24,29)(H,23,25,26,27). The van der Waals surface area contributed by atoms with Crippen LogP contribution in [0.25, 0.3) is 0 Å². The minimum absolute atomic E-state index is 0.124. The molecule has 1 aliphatic heterocycles. The molecule has 0 saturated carbocycles. The van der Waals surface area contributed by atoms with Gasteiger partial charge in [-0.3, -0.25) is 14.7 Å². The molecule has 0 aromatic carbocycles. The Bertz CT molecular complexity index is 1050. The molecule has 0 spiro atoms. The molecule has 1 fully saturated rings. The van der Waals surface area contributed by atoms with Crippen molar-refractivity contribution in [3.63, 3.8) is 0 Å². The van der Waals surface area contributed by atoms with Crippen LogP contribution in [0.3, 0.4) is 0 Å². The predicted octanol–water partition coefficient (Wildman–Crippen LogP) is 2.66. The van der Waals surface area contributed by atoms with Gasteiger partial charge in [-0.25, -0.2) is 15.0 Å². The molecule has 9 nitrogen and oxygen atoms in total. The fourth-order valence-corrected chi connectivity index (χ4v) is 4.05. The topological polar surface area (TPSA) is 120 Å². The maximum absolute atomic E-state index is 12.3. The molecule has 1 saturated heterocycles. The molecule has 0 aliphatic carbocycles. The lowest BCUT2D eigenvalue weighted by atomic mass is 10.1. The molecule has 1 unspecified atom stereocenters. The highest BCUT2D eigenvalue weighted by Crippen LogP contribution is 2.30. The normalized spacial score (nSPS) is 16.2. The van der Waals surface area contributed by atoms with Gasteiger partial charge in [-0.2, -0.15) is 5.26 Å². The Morgan fingerprint density at radius 2 is 2.13 bits per heavy atom. The van der Waals surface area contributed by atoms with E-state index in [1.165, 1.54) is 11.3 Å². The van der Waals surface area contributed by atoms with Crippen LogP contribution in [0.2, 0.25) is 0 Å². The van der Waals surface area contributed by atoms with E-state index in [-0.39, 0.29) is 11.9 Å². The second kappa shape index (κ2) is 9.39. The van der Waals surface area contributed by atoms with E-state index in [1.807, 2.05) is 18.2 Å². The molecule has 0 bridgehead atoms. The Morgan fingerprint density at radius 3 is 2.97 bits per heavy atom. The summed E-state index contributed by atoms with van der Waals surface area (Å²) in [4.78, 5) is 31.6. The number of aromatic nitrogens is 4. The summed E-state index contributed by atoms with van der Waals surface area (Å²) >= 11 is 1.31. The summed E-state index contributed by atoms with van der Waals surface area (Å²) in [5, 5.41) is 17.2. The van der Waals surface area contributed by atoms with Crippen LogP contribution in [0.1, 0.15) is 40.6 Å². The van der Waals surface area contributed by atoms with Gasteiger partial charge in [0.1, 0.15) is 5.69 Å². The summed E-state index contributed by atoms with van der Waals surface area (Å²) in [5.74, 6) is 0.179. The number of nitriles is 1. The number of likely N-dealkylation sites (tertiary alicyclic amines) is 1. The van der Waals surface area contributed by atoms with Crippen molar-refractivity contribution < 1.29 is 4.79 Å². The van der Waals surface area contributed by atoms with Crippen LogP contribution in [-0.2, 0) is 6.54 Å². The van der Waals surface area contributed by atoms with Crippen molar-refractivity contribution in [3.05, 3.63) is 59.1 Å². The van der Waals surface area contributed by atoms with Gasteiger partial charge in [-0.15, -0.1) is 11.3 Å². The summed E-state index contributed by atoms with van der Waals surface area (Å²) in [6, 6.07) is 7.92. The first-order chi connectivity index (χ1) is 14.7. The Morgan fingerprint density at radius 1 is 1.27 bits per heavy atom. The van der Waals surface area contributed by atoms with Crippen LogP contribution in [0.15, 0.2) is 42.2 Å². The highest BCUT2D eigenvalue weighted by atomic mass is 32.1. The summed E-state index contributed by atoms with van der Waals surface area (Å²) < 4.78 is 0. The van der Waals surface area contributed by atoms with Crippen molar-refractivity contribution in [1.29, 1.82) is 5.26 Å². The maximum Gasteiger partial charge on any atom is 0.271 e. The number of hydrogen-bond donors (Lipinski definition) is 2. The number of anilines is 2. The molecule has 152 valence electrons. The minimum Gasteiger partial charge on any atom is -0.347 e. The van der Waals surface area contributed by atoms with E-state index in [2.05, 4.69) is 41.5 Å². The van der Waals surface area contributed by atoms with E-state index in [4.69, 9.17) is 5.26 Å². The van der Waals surface area contributed by atoms with Crippen molar-refractivity contribution >= 4 is 28.3 Å². The first kappa shape index (κ1) is 19.9. The van der Waals surface area contributed by atoms with E-state index >= 15 is 0 Å². The van der Waals surface area contributed by atoms with Gasteiger partial charge >= 0.3 is 0 Å². The lowest BCUT2D eigenvalue weighted by Crippen LogP contribution is -2.24. The molecule has 4 rings (SSSR count). The van der Waals surface area contributed by atoms with Gasteiger partial charge < -0.3 is 10.6 Å².